The van der Waals surface area contributed by atoms with Gasteiger partial charge in [0.25, 0.3) is 5.91 Å². The summed E-state index contributed by atoms with van der Waals surface area (Å²) in [5, 5.41) is 3.48. The molecule has 0 aliphatic carbocycles. The van der Waals surface area contributed by atoms with Crippen molar-refractivity contribution in [1.82, 2.24) is 15.2 Å². The molecule has 0 radical (unpaired) electrons. The highest BCUT2D eigenvalue weighted by atomic mass is 32.1. The zero-order valence-corrected chi connectivity index (χ0v) is 13.6. The van der Waals surface area contributed by atoms with E-state index >= 15 is 0 Å². The number of amides is 2. The van der Waals surface area contributed by atoms with Crippen molar-refractivity contribution >= 4 is 34.1 Å². The lowest BCUT2D eigenvalue weighted by atomic mass is 9.98. The number of aromatic nitrogens is 1. The van der Waals surface area contributed by atoms with Crippen molar-refractivity contribution in [1.29, 1.82) is 0 Å². The molecule has 116 valence electrons. The lowest BCUT2D eigenvalue weighted by molar-refractivity contribution is -0.133. The van der Waals surface area contributed by atoms with Crippen LogP contribution in [0.25, 0.3) is 0 Å². The summed E-state index contributed by atoms with van der Waals surface area (Å²) in [5.74, 6) is -0.168. The van der Waals surface area contributed by atoms with Gasteiger partial charge in [0.15, 0.2) is 5.13 Å². The summed E-state index contributed by atoms with van der Waals surface area (Å²) in [6, 6.07) is 0. The van der Waals surface area contributed by atoms with Crippen LogP contribution in [-0.4, -0.2) is 53.9 Å². The standard InChI is InChI=1S/C13H21N5O2S/c1-5-17(4)12-16-9(14)8(21-12)10(19)18-7-6-15-11(20)13(18,2)3/h5-7,14H2,1-4H3,(H,15,20). The quantitative estimate of drug-likeness (QED) is 0.850. The van der Waals surface area contributed by atoms with Gasteiger partial charge in [-0.05, 0) is 20.8 Å². The van der Waals surface area contributed by atoms with E-state index < -0.39 is 5.54 Å². The van der Waals surface area contributed by atoms with Crippen LogP contribution in [0, 0.1) is 0 Å². The third-order valence-electron chi connectivity index (χ3n) is 3.73. The van der Waals surface area contributed by atoms with Gasteiger partial charge in [0.2, 0.25) is 5.91 Å². The Morgan fingerprint density at radius 2 is 2.24 bits per heavy atom. The fraction of sp³-hybridized carbons (Fsp3) is 0.615. The van der Waals surface area contributed by atoms with Crippen LogP contribution in [0.4, 0.5) is 10.9 Å². The first-order valence-electron chi connectivity index (χ1n) is 6.86. The minimum Gasteiger partial charge on any atom is -0.382 e. The molecule has 2 heterocycles. The van der Waals surface area contributed by atoms with Crippen molar-refractivity contribution in [3.8, 4) is 0 Å². The first-order valence-corrected chi connectivity index (χ1v) is 7.68. The lowest BCUT2D eigenvalue weighted by Gasteiger charge is -2.40. The maximum absolute atomic E-state index is 12.7. The molecule has 21 heavy (non-hydrogen) atoms. The minimum absolute atomic E-state index is 0.156. The number of thiazole rings is 1. The zero-order valence-electron chi connectivity index (χ0n) is 12.8. The molecule has 0 atom stereocenters. The van der Waals surface area contributed by atoms with E-state index in [1.807, 2.05) is 18.9 Å². The van der Waals surface area contributed by atoms with Crippen LogP contribution in [0.5, 0.6) is 0 Å². The average Bonchev–Trinajstić information content (AvgIpc) is 2.82. The number of hydrogen-bond donors (Lipinski definition) is 2. The van der Waals surface area contributed by atoms with Crippen molar-refractivity contribution < 1.29 is 9.59 Å². The predicted molar refractivity (Wildman–Crippen MR) is 83.6 cm³/mol. The monoisotopic (exact) mass is 311 g/mol. The highest BCUT2D eigenvalue weighted by molar-refractivity contribution is 7.18. The molecule has 7 nitrogen and oxygen atoms in total. The van der Waals surface area contributed by atoms with E-state index in [1.54, 1.807) is 18.7 Å². The molecule has 0 unspecified atom stereocenters. The van der Waals surface area contributed by atoms with Crippen LogP contribution in [0.3, 0.4) is 0 Å². The first kappa shape index (κ1) is 15.6. The van der Waals surface area contributed by atoms with Gasteiger partial charge in [-0.15, -0.1) is 0 Å². The number of nitrogens with one attached hydrogen (secondary N) is 1. The SMILES string of the molecule is CCN(C)c1nc(N)c(C(=O)N2CCNC(=O)C2(C)C)s1. The Bertz CT molecular complexity index is 569. The maximum Gasteiger partial charge on any atom is 0.268 e. The molecule has 2 amide bonds. The topological polar surface area (TPSA) is 91.6 Å². The number of hydrogen-bond acceptors (Lipinski definition) is 6. The van der Waals surface area contributed by atoms with E-state index in [1.165, 1.54) is 11.3 Å². The Kier molecular flexibility index (Phi) is 4.08. The highest BCUT2D eigenvalue weighted by Gasteiger charge is 2.41. The second-order valence-corrected chi connectivity index (χ2v) is 6.47. The molecule has 0 aromatic carbocycles. The molecule has 1 fully saturated rings. The summed E-state index contributed by atoms with van der Waals surface area (Å²) in [4.78, 5) is 32.8. The molecule has 1 saturated heterocycles. The number of piperazine rings is 1. The van der Waals surface area contributed by atoms with Crippen LogP contribution in [0.15, 0.2) is 0 Å². The van der Waals surface area contributed by atoms with Gasteiger partial charge in [0, 0.05) is 26.7 Å². The summed E-state index contributed by atoms with van der Waals surface area (Å²) in [6.45, 7) is 7.16. The lowest BCUT2D eigenvalue weighted by Crippen LogP contribution is -2.63. The summed E-state index contributed by atoms with van der Waals surface area (Å²) >= 11 is 1.26. The highest BCUT2D eigenvalue weighted by Crippen LogP contribution is 2.31. The minimum atomic E-state index is -0.886. The Labute approximate surface area is 128 Å². The third kappa shape index (κ3) is 2.67. The normalized spacial score (nSPS) is 17.5. The molecule has 1 aromatic rings. The number of nitrogens with zero attached hydrogens (tertiary/aromatic N) is 3. The van der Waals surface area contributed by atoms with Crippen LogP contribution in [0.1, 0.15) is 30.4 Å². The summed E-state index contributed by atoms with van der Waals surface area (Å²) in [7, 11) is 1.89. The van der Waals surface area contributed by atoms with Gasteiger partial charge < -0.3 is 20.9 Å². The molecule has 0 bridgehead atoms. The smallest absolute Gasteiger partial charge is 0.268 e. The molecule has 0 spiro atoms. The van der Waals surface area contributed by atoms with Gasteiger partial charge in [-0.1, -0.05) is 11.3 Å². The molecule has 1 aliphatic rings. The Morgan fingerprint density at radius 1 is 1.57 bits per heavy atom. The molecule has 1 aliphatic heterocycles. The Morgan fingerprint density at radius 3 is 2.86 bits per heavy atom. The largest absolute Gasteiger partial charge is 0.382 e. The van der Waals surface area contributed by atoms with E-state index in [4.69, 9.17) is 5.73 Å². The van der Waals surface area contributed by atoms with Crippen molar-refractivity contribution in [2.24, 2.45) is 0 Å². The molecule has 8 heteroatoms. The number of carbonyl (C=O) groups is 2. The fourth-order valence-corrected chi connectivity index (χ4v) is 3.11. The van der Waals surface area contributed by atoms with Crippen molar-refractivity contribution in [2.75, 3.05) is 37.3 Å². The van der Waals surface area contributed by atoms with Crippen LogP contribution < -0.4 is 16.0 Å². The maximum atomic E-state index is 12.7. The summed E-state index contributed by atoms with van der Waals surface area (Å²) in [6.07, 6.45) is 0. The van der Waals surface area contributed by atoms with Gasteiger partial charge in [-0.2, -0.15) is 0 Å². The Balaban J connectivity index is 2.31. The van der Waals surface area contributed by atoms with Crippen LogP contribution in [0.2, 0.25) is 0 Å². The van der Waals surface area contributed by atoms with E-state index in [2.05, 4.69) is 10.3 Å². The molecular weight excluding hydrogens is 290 g/mol. The summed E-state index contributed by atoms with van der Waals surface area (Å²) < 4.78 is 0. The van der Waals surface area contributed by atoms with E-state index in [-0.39, 0.29) is 17.6 Å². The van der Waals surface area contributed by atoms with Crippen LogP contribution in [-0.2, 0) is 4.79 Å². The van der Waals surface area contributed by atoms with Crippen molar-refractivity contribution in [3.63, 3.8) is 0 Å². The fourth-order valence-electron chi connectivity index (χ4n) is 2.15. The zero-order chi connectivity index (χ0) is 15.8. The van der Waals surface area contributed by atoms with Gasteiger partial charge >= 0.3 is 0 Å². The summed E-state index contributed by atoms with van der Waals surface area (Å²) in [5.41, 5.74) is 5.00. The molecule has 3 N–H and O–H groups in total. The second-order valence-electron chi connectivity index (χ2n) is 5.50. The number of carbonyl (C=O) groups excluding carboxylic acids is 2. The molecular formula is C13H21N5O2S. The predicted octanol–water partition coefficient (Wildman–Crippen LogP) is 0.532. The van der Waals surface area contributed by atoms with Gasteiger partial charge in [0.05, 0.1) is 0 Å². The van der Waals surface area contributed by atoms with Gasteiger partial charge in [-0.25, -0.2) is 4.98 Å². The second kappa shape index (κ2) is 5.51. The number of nitrogen functional groups attached to an aromatic ring is 1. The van der Waals surface area contributed by atoms with Gasteiger partial charge in [0.1, 0.15) is 16.2 Å². The van der Waals surface area contributed by atoms with Gasteiger partial charge in [-0.3, -0.25) is 9.59 Å². The van der Waals surface area contributed by atoms with E-state index in [9.17, 15) is 9.59 Å². The Hall–Kier alpha value is -1.83. The number of rotatable bonds is 3. The van der Waals surface area contributed by atoms with E-state index in [0.29, 0.717) is 23.1 Å². The molecule has 2 rings (SSSR count). The van der Waals surface area contributed by atoms with Crippen molar-refractivity contribution in [3.05, 3.63) is 4.88 Å². The van der Waals surface area contributed by atoms with Crippen molar-refractivity contribution in [2.45, 2.75) is 26.3 Å². The third-order valence-corrected chi connectivity index (χ3v) is 4.91. The molecule has 1 aromatic heterocycles. The molecule has 0 saturated carbocycles. The number of nitrogens with two attached hydrogens (primary N) is 1. The average molecular weight is 311 g/mol. The van der Waals surface area contributed by atoms with Crippen LogP contribution >= 0.6 is 11.3 Å². The number of anilines is 2. The van der Waals surface area contributed by atoms with E-state index in [0.717, 1.165) is 6.54 Å². The first-order chi connectivity index (χ1) is 9.78.